The van der Waals surface area contributed by atoms with Gasteiger partial charge in [0, 0.05) is 36.6 Å². The summed E-state index contributed by atoms with van der Waals surface area (Å²) in [5.41, 5.74) is -1.02. The normalized spacial score (nSPS) is 16.7. The molecule has 8 aromatic rings. The number of fused-ring (bicyclic) bond motifs is 6. The van der Waals surface area contributed by atoms with Crippen LogP contribution in [0.25, 0.3) is 49.8 Å². The average molecular weight is 963 g/mol. The van der Waals surface area contributed by atoms with Crippen molar-refractivity contribution < 1.29 is 44.3 Å². The first-order valence-electron chi connectivity index (χ1n) is 20.3. The number of carbonyl (C=O) groups is 1. The van der Waals surface area contributed by atoms with E-state index in [1.807, 2.05) is 0 Å². The van der Waals surface area contributed by atoms with Gasteiger partial charge in [0.2, 0.25) is 21.8 Å². The highest BCUT2D eigenvalue weighted by Crippen LogP contribution is 2.68. The molecule has 0 aliphatic heterocycles. The Balaban J connectivity index is 1.20. The van der Waals surface area contributed by atoms with Crippen LogP contribution in [-0.4, -0.2) is 66.8 Å². The molecule has 67 heavy (non-hydrogen) atoms. The number of para-hydroxylation sites is 2. The van der Waals surface area contributed by atoms with Gasteiger partial charge in [-0.3, -0.25) is 28.2 Å². The molecule has 2 N–H and O–H groups in total. The number of sulfonamides is 1. The van der Waals surface area contributed by atoms with E-state index < -0.39 is 87.7 Å². The van der Waals surface area contributed by atoms with Crippen LogP contribution in [-0.2, 0) is 40.8 Å². The van der Waals surface area contributed by atoms with E-state index in [1.54, 1.807) is 30.3 Å². The highest BCUT2D eigenvalue weighted by molar-refractivity contribution is 7.92. The van der Waals surface area contributed by atoms with Gasteiger partial charge in [0.05, 0.1) is 63.0 Å². The number of carbonyl (C=O) groups excluding carboxylic acids is 1. The van der Waals surface area contributed by atoms with Gasteiger partial charge < -0.3 is 10.1 Å². The zero-order valence-corrected chi connectivity index (χ0v) is 36.6. The van der Waals surface area contributed by atoms with Crippen LogP contribution in [0.4, 0.5) is 32.2 Å². The molecule has 0 spiro atoms. The second kappa shape index (κ2) is 15.8. The van der Waals surface area contributed by atoms with Crippen molar-refractivity contribution in [2.75, 3.05) is 18.1 Å². The Bertz CT molecular complexity index is 3570. The Morgan fingerprint density at radius 2 is 1.69 bits per heavy atom. The lowest BCUT2D eigenvalue weighted by Crippen LogP contribution is -2.38. The number of benzene rings is 4. The number of aryl methyl sites for hydroxylation is 1. The van der Waals surface area contributed by atoms with Gasteiger partial charge in [0.1, 0.15) is 41.1 Å². The third kappa shape index (κ3) is 7.56. The van der Waals surface area contributed by atoms with Crippen molar-refractivity contribution in [2.45, 2.75) is 43.7 Å². The molecule has 0 bridgehead atoms. The largest absolute Gasteiger partial charge is 0.479 e. The summed E-state index contributed by atoms with van der Waals surface area (Å²) in [6.45, 7) is -1.01. The number of alkyl halides is 4. The maximum Gasteiger partial charge on any atom is 0.293 e. The smallest absolute Gasteiger partial charge is 0.293 e. The number of rotatable bonds is 12. The molecule has 4 heterocycles. The van der Waals surface area contributed by atoms with Crippen molar-refractivity contribution in [3.05, 3.63) is 128 Å². The molecule has 0 radical (unpaired) electrons. The highest BCUT2D eigenvalue weighted by Gasteiger charge is 2.67. The van der Waals surface area contributed by atoms with Gasteiger partial charge in [0.25, 0.3) is 17.9 Å². The SMILES string of the molecule is COc1nc2ccccc2nc1-c1ccc2c(=O)n(-c3ccc(Cl)c4c(NS(C)(=O)=O)nn(C)c34)c([C@H](Cc3cc(F)cc(F)c3)NC(=O)Cn3nc(C(F)F)c4c3C(F)(F)[C@@H]3C[C@H]43)nc2c1. The van der Waals surface area contributed by atoms with E-state index in [2.05, 4.69) is 25.2 Å². The fraction of sp³-hybridized carbons (Fsp3) is 0.250. The van der Waals surface area contributed by atoms with E-state index in [-0.39, 0.29) is 73.3 Å². The Kier molecular flexibility index (Phi) is 10.3. The average Bonchev–Trinajstić information content (AvgIpc) is 3.80. The number of nitrogens with one attached hydrogen (secondary N) is 2. The van der Waals surface area contributed by atoms with Crippen molar-refractivity contribution >= 4 is 66.2 Å². The number of hydrogen-bond donors (Lipinski definition) is 2. The summed E-state index contributed by atoms with van der Waals surface area (Å²) in [5, 5.41) is 10.8. The Hall–Kier alpha value is -7.07. The molecule has 1 amide bonds. The molecule has 0 unspecified atom stereocenters. The van der Waals surface area contributed by atoms with Crippen LogP contribution in [0.1, 0.15) is 53.1 Å². The lowest BCUT2D eigenvalue weighted by atomic mass is 10.0. The summed E-state index contributed by atoms with van der Waals surface area (Å²) in [6.07, 6.45) is -2.84. The van der Waals surface area contributed by atoms with Crippen LogP contribution in [0.2, 0.25) is 5.02 Å². The van der Waals surface area contributed by atoms with E-state index >= 15 is 13.6 Å². The van der Waals surface area contributed by atoms with Crippen molar-refractivity contribution in [2.24, 2.45) is 13.0 Å². The molecule has 0 saturated heterocycles. The molecule has 4 aromatic heterocycles. The maximum absolute atomic E-state index is 15.6. The molecule has 1 fully saturated rings. The fourth-order valence-electron chi connectivity index (χ4n) is 9.04. The highest BCUT2D eigenvalue weighted by atomic mass is 35.5. The molecular weight excluding hydrogens is 930 g/mol. The number of halogens is 7. The lowest BCUT2D eigenvalue weighted by Gasteiger charge is -2.24. The zero-order valence-electron chi connectivity index (χ0n) is 35.0. The summed E-state index contributed by atoms with van der Waals surface area (Å²) >= 11 is 6.66. The number of hydrogen-bond acceptors (Lipinski definition) is 10. The summed E-state index contributed by atoms with van der Waals surface area (Å²) in [6, 6.07) is 15.3. The number of methoxy groups -OCH3 is 1. The predicted molar refractivity (Wildman–Crippen MR) is 233 cm³/mol. The predicted octanol–water partition coefficient (Wildman–Crippen LogP) is 7.64. The number of anilines is 1. The summed E-state index contributed by atoms with van der Waals surface area (Å²) in [5.74, 6) is -9.06. The van der Waals surface area contributed by atoms with E-state index in [4.69, 9.17) is 26.3 Å². The monoisotopic (exact) mass is 962 g/mol. The third-order valence-electron chi connectivity index (χ3n) is 11.8. The first-order valence-corrected chi connectivity index (χ1v) is 22.6. The van der Waals surface area contributed by atoms with Crippen LogP contribution in [0.5, 0.6) is 5.88 Å². The van der Waals surface area contributed by atoms with E-state index in [0.717, 1.165) is 23.0 Å². The molecule has 344 valence electrons. The first kappa shape index (κ1) is 43.8. The summed E-state index contributed by atoms with van der Waals surface area (Å²) < 4.78 is 125. The van der Waals surface area contributed by atoms with Crippen LogP contribution < -0.4 is 20.3 Å². The van der Waals surface area contributed by atoms with Crippen molar-refractivity contribution in [1.29, 1.82) is 0 Å². The standard InChI is InChI=1S/C44H33ClF6N10O5S/c1-59-37-31(11-10-26(45)34(37)40(57-59)58-67(3,64)65)61-41(54-29-15-20(8-9-23(29)43(61)63)35-42(66-2)55-28-7-5-4-6-27(28)53-35)30(14-19-12-21(46)16-22(47)13-19)52-32(62)18-60-38-33(36(56-60)39(48)49)24-17-25(24)44(38,50)51/h4-13,15-16,24-25,30,39H,14,17-18H2,1-3H3,(H,52,62)(H,57,58)/t24-,25+,30-/m0/s1. The summed E-state index contributed by atoms with van der Waals surface area (Å²) in [7, 11) is -1.09. The van der Waals surface area contributed by atoms with E-state index in [9.17, 15) is 30.8 Å². The molecule has 23 heteroatoms. The molecule has 10 rings (SSSR count). The zero-order chi connectivity index (χ0) is 47.4. The van der Waals surface area contributed by atoms with Gasteiger partial charge >= 0.3 is 0 Å². The fourth-order valence-corrected chi connectivity index (χ4v) is 9.78. The molecule has 4 aromatic carbocycles. The molecule has 2 aliphatic carbocycles. The number of nitrogens with zero attached hydrogens (tertiary/aromatic N) is 8. The van der Waals surface area contributed by atoms with E-state index in [1.165, 1.54) is 43.1 Å². The first-order chi connectivity index (χ1) is 31.8. The minimum absolute atomic E-state index is 0.00530. The Labute approximate surface area is 379 Å². The summed E-state index contributed by atoms with van der Waals surface area (Å²) in [4.78, 5) is 43.7. The van der Waals surface area contributed by atoms with Crippen LogP contribution in [0.3, 0.4) is 0 Å². The number of amides is 1. The van der Waals surface area contributed by atoms with Gasteiger partial charge in [0.15, 0.2) is 5.82 Å². The van der Waals surface area contributed by atoms with Crippen LogP contribution in [0, 0.1) is 17.6 Å². The lowest BCUT2D eigenvalue weighted by molar-refractivity contribution is -0.123. The van der Waals surface area contributed by atoms with Gasteiger partial charge in [-0.2, -0.15) is 19.0 Å². The van der Waals surface area contributed by atoms with Crippen LogP contribution in [0.15, 0.2) is 77.6 Å². The third-order valence-corrected chi connectivity index (χ3v) is 12.7. The van der Waals surface area contributed by atoms with Gasteiger partial charge in [-0.1, -0.05) is 29.8 Å². The minimum Gasteiger partial charge on any atom is -0.479 e. The molecule has 15 nitrogen and oxygen atoms in total. The Morgan fingerprint density at radius 3 is 2.37 bits per heavy atom. The van der Waals surface area contributed by atoms with Gasteiger partial charge in [-0.15, -0.1) is 0 Å². The van der Waals surface area contributed by atoms with Crippen molar-refractivity contribution in [3.8, 4) is 22.8 Å². The number of ether oxygens (including phenoxy) is 1. The van der Waals surface area contributed by atoms with Crippen LogP contribution >= 0.6 is 11.6 Å². The second-order valence-corrected chi connectivity index (χ2v) is 18.5. The minimum atomic E-state index is -3.94. The molecular formula is C44H33ClF6N10O5S. The van der Waals surface area contributed by atoms with E-state index in [0.29, 0.717) is 27.3 Å². The topological polar surface area (TPSA) is 181 Å². The molecule has 3 atom stereocenters. The van der Waals surface area contributed by atoms with Crippen molar-refractivity contribution in [3.63, 3.8) is 0 Å². The number of aromatic nitrogens is 8. The second-order valence-electron chi connectivity index (χ2n) is 16.3. The maximum atomic E-state index is 15.6. The quantitative estimate of drug-likeness (QED) is 0.116. The van der Waals surface area contributed by atoms with Crippen molar-refractivity contribution in [1.82, 2.24) is 44.4 Å². The van der Waals surface area contributed by atoms with Gasteiger partial charge in [-0.05, 0) is 66.4 Å². The molecule has 2 aliphatic rings. The van der Waals surface area contributed by atoms with Gasteiger partial charge in [-0.25, -0.2) is 40.9 Å². The molecule has 1 saturated carbocycles. The Morgan fingerprint density at radius 1 is 0.970 bits per heavy atom.